The van der Waals surface area contributed by atoms with Crippen LogP contribution in [0.1, 0.15) is 31.8 Å². The predicted molar refractivity (Wildman–Crippen MR) is 89.5 cm³/mol. The number of phenols is 2. The first-order valence-electron chi connectivity index (χ1n) is 7.33. The first kappa shape index (κ1) is 15.5. The van der Waals surface area contributed by atoms with Crippen LogP contribution in [-0.4, -0.2) is 21.8 Å². The highest BCUT2D eigenvalue weighted by molar-refractivity contribution is 6.20. The number of benzene rings is 3. The van der Waals surface area contributed by atoms with Gasteiger partial charge in [-0.1, -0.05) is 60.7 Å². The Morgan fingerprint density at radius 3 is 1.25 bits per heavy atom. The molecule has 118 valence electrons. The Labute approximate surface area is 138 Å². The third-order valence-electron chi connectivity index (χ3n) is 3.68. The van der Waals surface area contributed by atoms with E-state index in [1.54, 1.807) is 60.7 Å². The molecule has 0 spiro atoms. The monoisotopic (exact) mass is 318 g/mol. The van der Waals surface area contributed by atoms with Crippen molar-refractivity contribution in [3.63, 3.8) is 0 Å². The Kier molecular flexibility index (Phi) is 4.12. The zero-order valence-corrected chi connectivity index (χ0v) is 12.6. The Balaban J connectivity index is 2.14. The molecule has 4 nitrogen and oxygen atoms in total. The summed E-state index contributed by atoms with van der Waals surface area (Å²) in [5.41, 5.74) is 0.880. The Bertz CT molecular complexity index is 823. The maximum absolute atomic E-state index is 12.7. The van der Waals surface area contributed by atoms with Crippen LogP contribution in [-0.2, 0) is 0 Å². The maximum atomic E-state index is 12.7. The molecule has 4 heteroatoms. The molecule has 3 aromatic rings. The van der Waals surface area contributed by atoms with Gasteiger partial charge < -0.3 is 10.2 Å². The van der Waals surface area contributed by atoms with E-state index in [1.807, 2.05) is 0 Å². The van der Waals surface area contributed by atoms with Crippen LogP contribution in [0.25, 0.3) is 0 Å². The van der Waals surface area contributed by atoms with Gasteiger partial charge in [0.2, 0.25) is 0 Å². The van der Waals surface area contributed by atoms with E-state index in [0.29, 0.717) is 11.1 Å². The molecule has 0 fully saturated rings. The fourth-order valence-corrected chi connectivity index (χ4v) is 2.44. The molecule has 0 radical (unpaired) electrons. The Hall–Kier alpha value is -3.40. The van der Waals surface area contributed by atoms with Crippen molar-refractivity contribution in [2.45, 2.75) is 0 Å². The molecule has 3 rings (SSSR count). The van der Waals surface area contributed by atoms with Crippen LogP contribution in [0.15, 0.2) is 72.8 Å². The van der Waals surface area contributed by atoms with Crippen molar-refractivity contribution >= 4 is 11.6 Å². The summed E-state index contributed by atoms with van der Waals surface area (Å²) in [6.07, 6.45) is 0. The number of ketones is 2. The lowest BCUT2D eigenvalue weighted by molar-refractivity contribution is 0.100. The van der Waals surface area contributed by atoms with Crippen molar-refractivity contribution in [3.8, 4) is 11.5 Å². The van der Waals surface area contributed by atoms with E-state index in [4.69, 9.17) is 0 Å². The minimum atomic E-state index is -0.445. The van der Waals surface area contributed by atoms with Gasteiger partial charge in [0.05, 0.1) is 0 Å². The van der Waals surface area contributed by atoms with E-state index < -0.39 is 23.1 Å². The van der Waals surface area contributed by atoms with Crippen LogP contribution in [0.4, 0.5) is 0 Å². The number of hydrogen-bond donors (Lipinski definition) is 2. The summed E-state index contributed by atoms with van der Waals surface area (Å²) >= 11 is 0. The lowest BCUT2D eigenvalue weighted by Crippen LogP contribution is -2.11. The summed E-state index contributed by atoms with van der Waals surface area (Å²) in [5, 5.41) is 19.5. The molecule has 0 aromatic heterocycles. The highest BCUT2D eigenvalue weighted by Gasteiger charge is 2.22. The molecule has 0 aliphatic carbocycles. The second-order valence-corrected chi connectivity index (χ2v) is 5.28. The van der Waals surface area contributed by atoms with Crippen molar-refractivity contribution in [3.05, 3.63) is 95.1 Å². The zero-order chi connectivity index (χ0) is 17.1. The number of phenolic OH excluding ortho intramolecular Hbond substituents is 2. The van der Waals surface area contributed by atoms with Crippen LogP contribution < -0.4 is 0 Å². The molecule has 0 heterocycles. The van der Waals surface area contributed by atoms with Gasteiger partial charge in [0.1, 0.15) is 0 Å². The molecule has 0 saturated heterocycles. The van der Waals surface area contributed by atoms with Gasteiger partial charge in [-0.2, -0.15) is 0 Å². The summed E-state index contributed by atoms with van der Waals surface area (Å²) < 4.78 is 0. The van der Waals surface area contributed by atoms with Gasteiger partial charge in [0.15, 0.2) is 23.1 Å². The van der Waals surface area contributed by atoms with Gasteiger partial charge >= 0.3 is 0 Å². The summed E-state index contributed by atoms with van der Waals surface area (Å²) in [6, 6.07) is 19.2. The highest BCUT2D eigenvalue weighted by atomic mass is 16.3. The van der Waals surface area contributed by atoms with Gasteiger partial charge in [-0.25, -0.2) is 0 Å². The summed E-state index contributed by atoms with van der Waals surface area (Å²) in [4.78, 5) is 25.4. The minimum absolute atomic E-state index is 0.0466. The number of carbonyl (C=O) groups excluding carboxylic acids is 2. The van der Waals surface area contributed by atoms with E-state index in [0.717, 1.165) is 12.1 Å². The van der Waals surface area contributed by atoms with Gasteiger partial charge in [0, 0.05) is 22.3 Å². The topological polar surface area (TPSA) is 74.6 Å². The van der Waals surface area contributed by atoms with Crippen LogP contribution in [0.3, 0.4) is 0 Å². The third kappa shape index (κ3) is 2.90. The smallest absolute Gasteiger partial charge is 0.193 e. The first-order chi connectivity index (χ1) is 11.6. The van der Waals surface area contributed by atoms with Crippen LogP contribution in [0.2, 0.25) is 0 Å². The number of carbonyl (C=O) groups is 2. The molecule has 0 unspecified atom stereocenters. The summed E-state index contributed by atoms with van der Waals surface area (Å²) in [6.45, 7) is 0. The van der Waals surface area contributed by atoms with Crippen LogP contribution in [0.5, 0.6) is 11.5 Å². The highest BCUT2D eigenvalue weighted by Crippen LogP contribution is 2.31. The summed E-state index contributed by atoms with van der Waals surface area (Å²) in [5.74, 6) is -1.69. The molecule has 24 heavy (non-hydrogen) atoms. The van der Waals surface area contributed by atoms with Gasteiger partial charge in [0.25, 0.3) is 0 Å². The Morgan fingerprint density at radius 1 is 0.583 bits per heavy atom. The molecular formula is C20H14O4. The first-order valence-corrected chi connectivity index (χ1v) is 7.33. The lowest BCUT2D eigenvalue weighted by atomic mass is 9.92. The molecule has 0 aliphatic rings. The molecule has 0 bridgehead atoms. The minimum Gasteiger partial charge on any atom is -0.504 e. The van der Waals surface area contributed by atoms with Crippen LogP contribution >= 0.6 is 0 Å². The van der Waals surface area contributed by atoms with E-state index >= 15 is 0 Å². The second-order valence-electron chi connectivity index (χ2n) is 5.28. The largest absolute Gasteiger partial charge is 0.504 e. The van der Waals surface area contributed by atoms with Crippen molar-refractivity contribution < 1.29 is 19.8 Å². The average molecular weight is 318 g/mol. The predicted octanol–water partition coefficient (Wildman–Crippen LogP) is 3.56. The van der Waals surface area contributed by atoms with E-state index in [-0.39, 0.29) is 11.1 Å². The van der Waals surface area contributed by atoms with Crippen molar-refractivity contribution in [2.75, 3.05) is 0 Å². The molecule has 2 N–H and O–H groups in total. The SMILES string of the molecule is O=C(c1ccccc1)c1cc(O)c(O)cc1C(=O)c1ccccc1. The van der Waals surface area contributed by atoms with Crippen molar-refractivity contribution in [2.24, 2.45) is 0 Å². The second kappa shape index (κ2) is 6.38. The van der Waals surface area contributed by atoms with E-state index in [9.17, 15) is 19.8 Å². The average Bonchev–Trinajstić information content (AvgIpc) is 2.64. The zero-order valence-electron chi connectivity index (χ0n) is 12.6. The molecule has 0 amide bonds. The van der Waals surface area contributed by atoms with Gasteiger partial charge in [-0.3, -0.25) is 9.59 Å². The van der Waals surface area contributed by atoms with Gasteiger partial charge in [-0.15, -0.1) is 0 Å². The number of aromatic hydroxyl groups is 2. The normalized spacial score (nSPS) is 10.3. The molecule has 0 saturated carbocycles. The Morgan fingerprint density at radius 2 is 0.917 bits per heavy atom. The fraction of sp³-hybridized carbons (Fsp3) is 0. The molecule has 3 aromatic carbocycles. The van der Waals surface area contributed by atoms with Crippen LogP contribution in [0, 0.1) is 0 Å². The molecule has 0 atom stereocenters. The molecular weight excluding hydrogens is 304 g/mol. The fourth-order valence-electron chi connectivity index (χ4n) is 2.44. The van der Waals surface area contributed by atoms with Gasteiger partial charge in [-0.05, 0) is 12.1 Å². The quantitative estimate of drug-likeness (QED) is 0.570. The summed E-state index contributed by atoms with van der Waals surface area (Å²) in [7, 11) is 0. The van der Waals surface area contributed by atoms with Crippen molar-refractivity contribution in [1.29, 1.82) is 0 Å². The third-order valence-corrected chi connectivity index (χ3v) is 3.68. The van der Waals surface area contributed by atoms with Crippen molar-refractivity contribution in [1.82, 2.24) is 0 Å². The van der Waals surface area contributed by atoms with E-state index in [2.05, 4.69) is 0 Å². The standard InChI is InChI=1S/C20H14O4/c21-17-11-15(19(23)13-7-3-1-4-8-13)16(12-18(17)22)20(24)14-9-5-2-6-10-14/h1-12,21-22H. The number of hydrogen-bond acceptors (Lipinski definition) is 4. The van der Waals surface area contributed by atoms with E-state index in [1.165, 1.54) is 0 Å². The molecule has 0 aliphatic heterocycles. The number of rotatable bonds is 4. The maximum Gasteiger partial charge on any atom is 0.193 e. The lowest BCUT2D eigenvalue weighted by Gasteiger charge is -2.10.